The fraction of sp³-hybridized carbons (Fsp3) is 0.208. The van der Waals surface area contributed by atoms with Crippen LogP contribution in [-0.2, 0) is 15.1 Å². The first-order chi connectivity index (χ1) is 13.2. The number of benzene rings is 2. The van der Waals surface area contributed by atoms with E-state index in [9.17, 15) is 4.79 Å². The molecule has 2 aliphatic rings. The molecule has 2 aromatic carbocycles. The Hall–Kier alpha value is -2.91. The number of hydrogen-bond acceptors (Lipinski definition) is 3. The summed E-state index contributed by atoms with van der Waals surface area (Å²) in [6, 6.07) is 20.6. The van der Waals surface area contributed by atoms with Crippen molar-refractivity contribution in [3.05, 3.63) is 108 Å². The molecular formula is C24H23NO2. The van der Waals surface area contributed by atoms with Crippen molar-refractivity contribution in [2.45, 2.75) is 18.0 Å². The fourth-order valence-electron chi connectivity index (χ4n) is 4.17. The molecule has 1 aliphatic heterocycles. The largest absolute Gasteiger partial charge is 0.468 e. The highest BCUT2D eigenvalue weighted by Gasteiger charge is 2.57. The van der Waals surface area contributed by atoms with Gasteiger partial charge in [-0.15, -0.1) is 0 Å². The van der Waals surface area contributed by atoms with E-state index in [1.54, 1.807) is 0 Å². The van der Waals surface area contributed by atoms with E-state index in [4.69, 9.17) is 4.74 Å². The number of nitrogens with zero attached hydrogens (tertiary/aromatic N) is 1. The van der Waals surface area contributed by atoms with E-state index < -0.39 is 5.54 Å². The minimum atomic E-state index is -0.519. The normalized spacial score (nSPS) is 21.5. The van der Waals surface area contributed by atoms with E-state index in [-0.39, 0.29) is 12.0 Å². The third-order valence-electron chi connectivity index (χ3n) is 5.41. The van der Waals surface area contributed by atoms with E-state index in [0.29, 0.717) is 6.54 Å². The lowest BCUT2D eigenvalue weighted by Crippen LogP contribution is -2.41. The third-order valence-corrected chi connectivity index (χ3v) is 5.41. The minimum Gasteiger partial charge on any atom is -0.468 e. The summed E-state index contributed by atoms with van der Waals surface area (Å²) in [7, 11) is 1.45. The second kappa shape index (κ2) is 7.01. The van der Waals surface area contributed by atoms with Crippen molar-refractivity contribution in [2.24, 2.45) is 0 Å². The van der Waals surface area contributed by atoms with Gasteiger partial charge < -0.3 is 4.74 Å². The Morgan fingerprint density at radius 3 is 2.19 bits per heavy atom. The van der Waals surface area contributed by atoms with Crippen molar-refractivity contribution in [1.29, 1.82) is 0 Å². The molecule has 0 amide bonds. The predicted molar refractivity (Wildman–Crippen MR) is 107 cm³/mol. The molecular weight excluding hydrogens is 334 g/mol. The molecule has 3 heteroatoms. The zero-order valence-electron chi connectivity index (χ0n) is 15.5. The first-order valence-electron chi connectivity index (χ1n) is 9.19. The van der Waals surface area contributed by atoms with Crippen LogP contribution in [0.3, 0.4) is 0 Å². The summed E-state index contributed by atoms with van der Waals surface area (Å²) in [4.78, 5) is 14.6. The maximum absolute atomic E-state index is 12.3. The Balaban J connectivity index is 1.95. The van der Waals surface area contributed by atoms with Gasteiger partial charge in [0.05, 0.1) is 12.6 Å². The monoisotopic (exact) mass is 357 g/mol. The summed E-state index contributed by atoms with van der Waals surface area (Å²) in [5, 5.41) is 0. The summed E-state index contributed by atoms with van der Waals surface area (Å²) in [6.07, 6.45) is 7.04. The van der Waals surface area contributed by atoms with Gasteiger partial charge in [-0.2, -0.15) is 0 Å². The van der Waals surface area contributed by atoms with Crippen molar-refractivity contribution < 1.29 is 9.53 Å². The van der Waals surface area contributed by atoms with Crippen molar-refractivity contribution in [1.82, 2.24) is 4.90 Å². The number of methoxy groups -OCH3 is 1. The predicted octanol–water partition coefficient (Wildman–Crippen LogP) is 4.23. The first-order valence-corrected chi connectivity index (χ1v) is 9.19. The van der Waals surface area contributed by atoms with Gasteiger partial charge in [0.25, 0.3) is 0 Å². The van der Waals surface area contributed by atoms with Gasteiger partial charge in [-0.1, -0.05) is 91.0 Å². The average molecular weight is 357 g/mol. The molecule has 27 heavy (non-hydrogen) atoms. The maximum Gasteiger partial charge on any atom is 0.324 e. The Labute approximate surface area is 160 Å². The standard InChI is InChI=1S/C24H23NO2/c1-18-10-9-15-21(16-18)24(19-11-5-3-6-12-19,20-13-7-4-8-14-20)25-17-22(25)23(26)27-2/h3-15,22H,1,16-17H2,2H3/t22-,25?/m0/s1. The molecule has 2 aromatic rings. The van der Waals surface area contributed by atoms with E-state index in [1.165, 1.54) is 12.7 Å². The molecule has 1 heterocycles. The second-order valence-corrected chi connectivity index (χ2v) is 7.02. The van der Waals surface area contributed by atoms with Crippen LogP contribution in [0.4, 0.5) is 0 Å². The lowest BCUT2D eigenvalue weighted by atomic mass is 9.73. The quantitative estimate of drug-likeness (QED) is 0.592. The number of ether oxygens (including phenoxy) is 1. The minimum absolute atomic E-state index is 0.183. The Kier molecular flexibility index (Phi) is 4.54. The molecule has 1 aliphatic carbocycles. The van der Waals surface area contributed by atoms with Gasteiger partial charge in [0.2, 0.25) is 0 Å². The molecule has 0 radical (unpaired) electrons. The number of carbonyl (C=O) groups is 1. The van der Waals surface area contributed by atoms with Crippen LogP contribution < -0.4 is 0 Å². The molecule has 1 unspecified atom stereocenters. The summed E-state index contributed by atoms with van der Waals surface area (Å²) in [6.45, 7) is 4.85. The summed E-state index contributed by atoms with van der Waals surface area (Å²) >= 11 is 0. The van der Waals surface area contributed by atoms with Gasteiger partial charge >= 0.3 is 5.97 Å². The zero-order chi connectivity index (χ0) is 18.9. The smallest absolute Gasteiger partial charge is 0.324 e. The molecule has 0 N–H and O–H groups in total. The second-order valence-electron chi connectivity index (χ2n) is 7.02. The Bertz CT molecular complexity index is 872. The zero-order valence-corrected chi connectivity index (χ0v) is 15.5. The van der Waals surface area contributed by atoms with Gasteiger partial charge in [-0.3, -0.25) is 9.69 Å². The summed E-state index contributed by atoms with van der Waals surface area (Å²) in [5.41, 5.74) is 4.07. The van der Waals surface area contributed by atoms with Gasteiger partial charge in [0.1, 0.15) is 6.04 Å². The lowest BCUT2D eigenvalue weighted by Gasteiger charge is -2.40. The van der Waals surface area contributed by atoms with Gasteiger partial charge in [-0.25, -0.2) is 0 Å². The molecule has 1 fully saturated rings. The summed E-state index contributed by atoms with van der Waals surface area (Å²) in [5.74, 6) is -0.183. The molecule has 4 rings (SSSR count). The molecule has 0 aromatic heterocycles. The average Bonchev–Trinajstić information content (AvgIpc) is 3.51. The maximum atomic E-state index is 12.3. The van der Waals surface area contributed by atoms with Crippen molar-refractivity contribution >= 4 is 5.97 Å². The van der Waals surface area contributed by atoms with Crippen molar-refractivity contribution in [3.63, 3.8) is 0 Å². The van der Waals surface area contributed by atoms with Crippen LogP contribution in [0.5, 0.6) is 0 Å². The molecule has 0 bridgehead atoms. The SMILES string of the molecule is C=C1C=CC=C(C(c2ccccc2)(c2ccccc2)N2C[C@H]2C(=O)OC)C1. The van der Waals surface area contributed by atoms with Crippen LogP contribution in [0.2, 0.25) is 0 Å². The number of allylic oxidation sites excluding steroid dienone is 4. The number of carbonyl (C=O) groups excluding carboxylic acids is 1. The molecule has 136 valence electrons. The third kappa shape index (κ3) is 2.94. The molecule has 2 atom stereocenters. The van der Waals surface area contributed by atoms with E-state index in [0.717, 1.165) is 23.1 Å². The van der Waals surface area contributed by atoms with Crippen LogP contribution in [0.1, 0.15) is 17.5 Å². The summed E-state index contributed by atoms with van der Waals surface area (Å²) < 4.78 is 5.05. The lowest BCUT2D eigenvalue weighted by molar-refractivity contribution is -0.141. The van der Waals surface area contributed by atoms with Crippen LogP contribution >= 0.6 is 0 Å². The fourth-order valence-corrected chi connectivity index (χ4v) is 4.17. The highest BCUT2D eigenvalue weighted by molar-refractivity contribution is 5.80. The van der Waals surface area contributed by atoms with E-state index in [1.807, 2.05) is 18.2 Å². The van der Waals surface area contributed by atoms with Gasteiger partial charge in [0, 0.05) is 6.54 Å². The first kappa shape index (κ1) is 17.5. The van der Waals surface area contributed by atoms with E-state index in [2.05, 4.69) is 72.2 Å². The number of hydrogen-bond donors (Lipinski definition) is 0. The van der Waals surface area contributed by atoms with Crippen LogP contribution in [0, 0.1) is 0 Å². The topological polar surface area (TPSA) is 29.3 Å². The van der Waals surface area contributed by atoms with Gasteiger partial charge in [-0.05, 0) is 23.1 Å². The van der Waals surface area contributed by atoms with Crippen LogP contribution in [-0.4, -0.2) is 30.6 Å². The Morgan fingerprint density at radius 2 is 1.67 bits per heavy atom. The van der Waals surface area contributed by atoms with Crippen LogP contribution in [0.15, 0.2) is 96.6 Å². The Morgan fingerprint density at radius 1 is 1.07 bits per heavy atom. The molecule has 3 nitrogen and oxygen atoms in total. The highest BCUT2D eigenvalue weighted by Crippen LogP contribution is 2.50. The van der Waals surface area contributed by atoms with Crippen molar-refractivity contribution in [3.8, 4) is 0 Å². The number of esters is 1. The van der Waals surface area contributed by atoms with Gasteiger partial charge in [0.15, 0.2) is 0 Å². The molecule has 1 saturated heterocycles. The van der Waals surface area contributed by atoms with Crippen molar-refractivity contribution in [2.75, 3.05) is 13.7 Å². The van der Waals surface area contributed by atoms with E-state index >= 15 is 0 Å². The molecule has 0 saturated carbocycles. The number of rotatable bonds is 5. The molecule has 0 spiro atoms. The highest BCUT2D eigenvalue weighted by atomic mass is 16.5. The van der Waals surface area contributed by atoms with Crippen LogP contribution in [0.25, 0.3) is 0 Å².